The highest BCUT2D eigenvalue weighted by Gasteiger charge is 2.16. The summed E-state index contributed by atoms with van der Waals surface area (Å²) in [5, 5.41) is 8.14. The van der Waals surface area contributed by atoms with Crippen molar-refractivity contribution >= 4 is 21.7 Å². The number of rotatable bonds is 0. The largest absolute Gasteiger partial charge is 0.489 e. The number of fused-ring (bicyclic) bond motifs is 5. The van der Waals surface area contributed by atoms with Crippen LogP contribution in [0.15, 0.2) is 59.4 Å². The predicted octanol–water partition coefficient (Wildman–Crippen LogP) is 3.48. The summed E-state index contributed by atoms with van der Waals surface area (Å²) < 4.78 is 8.53. The van der Waals surface area contributed by atoms with E-state index in [1.54, 1.807) is 18.5 Å². The highest BCUT2D eigenvalue weighted by atomic mass is 79.9. The van der Waals surface area contributed by atoms with Gasteiger partial charge in [0, 0.05) is 16.7 Å². The number of benzene rings is 1. The van der Waals surface area contributed by atoms with Gasteiger partial charge in [-0.25, -0.2) is 4.98 Å². The molecular weight excluding hydrogens is 396 g/mol. The van der Waals surface area contributed by atoms with E-state index in [9.17, 15) is 4.79 Å². The maximum absolute atomic E-state index is 12.8. The lowest BCUT2D eigenvalue weighted by molar-refractivity contribution is 0.0988. The van der Waals surface area contributed by atoms with E-state index < -0.39 is 0 Å². The van der Waals surface area contributed by atoms with Gasteiger partial charge in [-0.3, -0.25) is 4.79 Å². The first-order chi connectivity index (χ1) is 12.7. The Balaban J connectivity index is 1.78. The number of aromatic nitrogens is 4. The first-order valence-electron chi connectivity index (χ1n) is 8.15. The predicted molar refractivity (Wildman–Crippen MR) is 100 cm³/mol. The molecule has 7 heteroatoms. The van der Waals surface area contributed by atoms with Crippen molar-refractivity contribution in [3.8, 4) is 17.3 Å². The molecule has 0 atom stereocenters. The number of carbonyl (C=O) groups is 1. The topological polar surface area (TPSA) is 69.9 Å². The molecule has 0 saturated heterocycles. The molecular formula is C19H15BrN4O2. The van der Waals surface area contributed by atoms with E-state index in [4.69, 9.17) is 4.74 Å². The van der Waals surface area contributed by atoms with Crippen LogP contribution >= 0.6 is 15.9 Å². The van der Waals surface area contributed by atoms with Crippen LogP contribution in [0.1, 0.15) is 16.1 Å². The van der Waals surface area contributed by atoms with Crippen LogP contribution in [0.3, 0.4) is 0 Å². The number of pyridine rings is 1. The summed E-state index contributed by atoms with van der Waals surface area (Å²) in [5.74, 6) is 1.19. The molecule has 2 aromatic heterocycles. The lowest BCUT2D eigenvalue weighted by Gasteiger charge is -2.11. The van der Waals surface area contributed by atoms with Crippen LogP contribution in [-0.2, 0) is 13.0 Å². The van der Waals surface area contributed by atoms with Crippen molar-refractivity contribution in [2.75, 3.05) is 6.61 Å². The van der Waals surface area contributed by atoms with Crippen LogP contribution in [0, 0.1) is 0 Å². The Labute approximate surface area is 158 Å². The van der Waals surface area contributed by atoms with E-state index in [2.05, 4.69) is 31.1 Å². The fraction of sp³-hybridized carbons (Fsp3) is 0.158. The molecule has 26 heavy (non-hydrogen) atoms. The van der Waals surface area contributed by atoms with Crippen molar-refractivity contribution in [3.05, 3.63) is 70.6 Å². The van der Waals surface area contributed by atoms with Gasteiger partial charge in [0.15, 0.2) is 11.6 Å². The molecule has 0 amide bonds. The van der Waals surface area contributed by atoms with Crippen molar-refractivity contribution in [1.29, 1.82) is 0 Å². The third-order valence-electron chi connectivity index (χ3n) is 4.04. The summed E-state index contributed by atoms with van der Waals surface area (Å²) in [7, 11) is 0. The molecule has 1 aromatic carbocycles. The Morgan fingerprint density at radius 1 is 1.15 bits per heavy atom. The van der Waals surface area contributed by atoms with E-state index in [1.807, 2.05) is 41.0 Å². The van der Waals surface area contributed by atoms with Gasteiger partial charge in [0.05, 0.1) is 12.0 Å². The van der Waals surface area contributed by atoms with Crippen LogP contribution in [0.4, 0.5) is 0 Å². The van der Waals surface area contributed by atoms with Gasteiger partial charge in [-0.2, -0.15) is 0 Å². The number of carbonyl (C=O) groups excluding carboxylic acids is 1. The molecule has 1 aliphatic heterocycles. The second kappa shape index (κ2) is 7.21. The number of Topliss-reactive ketones (excluding diaryl/α,β-unsaturated/α-hetero) is 1. The van der Waals surface area contributed by atoms with E-state index >= 15 is 0 Å². The highest BCUT2D eigenvalue weighted by molar-refractivity contribution is 9.10. The second-order valence-corrected chi connectivity index (χ2v) is 6.76. The molecule has 2 bridgehead atoms. The van der Waals surface area contributed by atoms with Gasteiger partial charge < -0.3 is 9.30 Å². The lowest BCUT2D eigenvalue weighted by atomic mass is 10.0. The molecule has 0 N–H and O–H groups in total. The Kier molecular flexibility index (Phi) is 4.62. The maximum Gasteiger partial charge on any atom is 0.182 e. The average molecular weight is 411 g/mol. The molecule has 6 nitrogen and oxygen atoms in total. The van der Waals surface area contributed by atoms with Gasteiger partial charge in [-0.05, 0) is 36.4 Å². The minimum atomic E-state index is -0.0477. The maximum atomic E-state index is 12.8. The SMILES string of the molecule is O=C1Cc2cccc(n2)-c2nncn2C/C=C\COc2ccc(Br)cc21. The number of ether oxygens (including phenoxy) is 1. The summed E-state index contributed by atoms with van der Waals surface area (Å²) in [4.78, 5) is 17.4. The molecule has 0 aliphatic carbocycles. The molecule has 3 heterocycles. The van der Waals surface area contributed by atoms with Crippen LogP contribution < -0.4 is 4.74 Å². The number of hydrogen-bond acceptors (Lipinski definition) is 5. The number of halogens is 1. The van der Waals surface area contributed by atoms with Crippen molar-refractivity contribution in [1.82, 2.24) is 19.7 Å². The molecule has 0 radical (unpaired) electrons. The third-order valence-corrected chi connectivity index (χ3v) is 4.53. The van der Waals surface area contributed by atoms with Gasteiger partial charge in [0.25, 0.3) is 0 Å². The Bertz CT molecular complexity index is 997. The van der Waals surface area contributed by atoms with Crippen LogP contribution in [-0.4, -0.2) is 32.1 Å². The summed E-state index contributed by atoms with van der Waals surface area (Å²) >= 11 is 3.42. The minimum Gasteiger partial charge on any atom is -0.489 e. The van der Waals surface area contributed by atoms with Crippen LogP contribution in [0.5, 0.6) is 5.75 Å². The molecule has 0 unspecified atom stereocenters. The number of hydrogen-bond donors (Lipinski definition) is 0. The van der Waals surface area contributed by atoms with E-state index in [0.29, 0.717) is 41.7 Å². The molecule has 0 fully saturated rings. The monoisotopic (exact) mass is 410 g/mol. The molecule has 1 aliphatic rings. The molecule has 4 rings (SSSR count). The first-order valence-corrected chi connectivity index (χ1v) is 8.94. The zero-order valence-electron chi connectivity index (χ0n) is 13.8. The van der Waals surface area contributed by atoms with Gasteiger partial charge in [0.1, 0.15) is 24.4 Å². The highest BCUT2D eigenvalue weighted by Crippen LogP contribution is 2.25. The van der Waals surface area contributed by atoms with Crippen molar-refractivity contribution < 1.29 is 9.53 Å². The number of ketones is 1. The van der Waals surface area contributed by atoms with Gasteiger partial charge >= 0.3 is 0 Å². The van der Waals surface area contributed by atoms with E-state index in [0.717, 1.165) is 4.47 Å². The summed E-state index contributed by atoms with van der Waals surface area (Å²) in [6.07, 6.45) is 5.74. The summed E-state index contributed by atoms with van der Waals surface area (Å²) in [6, 6.07) is 11.0. The second-order valence-electron chi connectivity index (χ2n) is 5.84. The minimum absolute atomic E-state index is 0.0477. The zero-order valence-corrected chi connectivity index (χ0v) is 15.4. The standard InChI is InChI=1S/C19H15BrN4O2/c20-13-6-7-18-15(10-13)17(25)11-14-4-3-5-16(22-14)19-23-21-12-24(19)8-1-2-9-26-18/h1-7,10,12H,8-9,11H2/b2-1-. The number of nitrogens with zero attached hydrogens (tertiary/aromatic N) is 4. The summed E-state index contributed by atoms with van der Waals surface area (Å²) in [5.41, 5.74) is 1.92. The third kappa shape index (κ3) is 3.43. The zero-order chi connectivity index (χ0) is 17.9. The van der Waals surface area contributed by atoms with Gasteiger partial charge in [-0.1, -0.05) is 28.1 Å². The van der Waals surface area contributed by atoms with E-state index in [1.165, 1.54) is 0 Å². The lowest BCUT2D eigenvalue weighted by Crippen LogP contribution is -2.10. The van der Waals surface area contributed by atoms with Gasteiger partial charge in [-0.15, -0.1) is 10.2 Å². The fourth-order valence-electron chi connectivity index (χ4n) is 2.79. The van der Waals surface area contributed by atoms with Gasteiger partial charge in [0.2, 0.25) is 0 Å². The Hall–Kier alpha value is -2.80. The normalized spacial score (nSPS) is 15.3. The number of allylic oxidation sites excluding steroid dienone is 1. The first kappa shape index (κ1) is 16.7. The summed E-state index contributed by atoms with van der Waals surface area (Å²) in [6.45, 7) is 0.993. The molecule has 3 aromatic rings. The Morgan fingerprint density at radius 3 is 3.00 bits per heavy atom. The van der Waals surface area contributed by atoms with E-state index in [-0.39, 0.29) is 12.2 Å². The molecule has 0 saturated carbocycles. The average Bonchev–Trinajstić information content (AvgIpc) is 3.10. The van der Waals surface area contributed by atoms with Crippen LogP contribution in [0.2, 0.25) is 0 Å². The van der Waals surface area contributed by atoms with Crippen molar-refractivity contribution in [2.45, 2.75) is 13.0 Å². The quantitative estimate of drug-likeness (QED) is 0.530. The van der Waals surface area contributed by atoms with Crippen molar-refractivity contribution in [2.24, 2.45) is 0 Å². The smallest absolute Gasteiger partial charge is 0.182 e. The Morgan fingerprint density at radius 2 is 2.08 bits per heavy atom. The fourth-order valence-corrected chi connectivity index (χ4v) is 3.15. The van der Waals surface area contributed by atoms with Crippen LogP contribution in [0.25, 0.3) is 11.5 Å². The molecule has 130 valence electrons. The van der Waals surface area contributed by atoms with Crippen molar-refractivity contribution in [3.63, 3.8) is 0 Å². The molecule has 0 spiro atoms.